The predicted octanol–water partition coefficient (Wildman–Crippen LogP) is 4.15. The molecular weight excluding hydrogens is 539 g/mol. The van der Waals surface area contributed by atoms with Crippen molar-refractivity contribution in [1.82, 2.24) is 14.2 Å². The lowest BCUT2D eigenvalue weighted by atomic mass is 9.96. The van der Waals surface area contributed by atoms with Crippen LogP contribution in [0.15, 0.2) is 47.4 Å². The van der Waals surface area contributed by atoms with E-state index in [1.165, 1.54) is 27.8 Å². The van der Waals surface area contributed by atoms with E-state index in [0.29, 0.717) is 24.5 Å². The number of aromatic nitrogens is 1. The number of anilines is 1. The minimum atomic E-state index is -3.74. The van der Waals surface area contributed by atoms with Gasteiger partial charge in [-0.1, -0.05) is 30.4 Å². The summed E-state index contributed by atoms with van der Waals surface area (Å²) in [7, 11) is -3.74. The molecule has 2 aliphatic rings. The van der Waals surface area contributed by atoms with Crippen molar-refractivity contribution in [3.8, 4) is 0 Å². The zero-order chi connectivity index (χ0) is 27.4. The fourth-order valence-corrected chi connectivity index (χ4v) is 7.81. The lowest BCUT2D eigenvalue weighted by molar-refractivity contribution is -0.123. The summed E-state index contributed by atoms with van der Waals surface area (Å²) >= 11 is 1.54. The number of halogens is 1. The molecule has 2 aromatic carbocycles. The van der Waals surface area contributed by atoms with Crippen molar-refractivity contribution in [1.29, 1.82) is 0 Å². The molecule has 3 heterocycles. The van der Waals surface area contributed by atoms with Gasteiger partial charge in [0.15, 0.2) is 5.13 Å². The van der Waals surface area contributed by atoms with Crippen molar-refractivity contribution >= 4 is 42.6 Å². The van der Waals surface area contributed by atoms with Gasteiger partial charge in [-0.15, -0.1) is 0 Å². The van der Waals surface area contributed by atoms with Crippen molar-refractivity contribution in [2.45, 2.75) is 37.5 Å². The molecule has 0 aliphatic carbocycles. The zero-order valence-corrected chi connectivity index (χ0v) is 23.9. The highest BCUT2D eigenvalue weighted by atomic mass is 32.2. The number of carbonyl (C=O) groups excluding carboxylic acids is 1. The molecule has 5 rings (SSSR count). The smallest absolute Gasteiger partial charge is 0.243 e. The highest BCUT2D eigenvalue weighted by molar-refractivity contribution is 7.89. The number of rotatable bonds is 9. The Hall–Kier alpha value is -2.44. The van der Waals surface area contributed by atoms with Crippen LogP contribution < -0.4 is 4.90 Å². The van der Waals surface area contributed by atoms with Crippen molar-refractivity contribution in [2.24, 2.45) is 5.92 Å². The first kappa shape index (κ1) is 28.1. The number of hydrogen-bond donors (Lipinski definition) is 0. The molecule has 0 atom stereocenters. The molecule has 3 aromatic rings. The summed E-state index contributed by atoms with van der Waals surface area (Å²) in [5.74, 6) is -0.758. The number of nitrogens with zero attached hydrogens (tertiary/aromatic N) is 4. The van der Waals surface area contributed by atoms with Crippen molar-refractivity contribution < 1.29 is 22.3 Å². The van der Waals surface area contributed by atoms with E-state index in [0.717, 1.165) is 73.6 Å². The molecule has 1 amide bonds. The van der Waals surface area contributed by atoms with Crippen molar-refractivity contribution in [3.63, 3.8) is 0 Å². The molecule has 0 unspecified atom stereocenters. The molecule has 2 fully saturated rings. The summed E-state index contributed by atoms with van der Waals surface area (Å²) in [6.45, 7) is 7.31. The van der Waals surface area contributed by atoms with Gasteiger partial charge in [-0.2, -0.15) is 4.31 Å². The van der Waals surface area contributed by atoms with Crippen LogP contribution in [0.5, 0.6) is 0 Å². The third-order valence-corrected chi connectivity index (χ3v) is 10.5. The van der Waals surface area contributed by atoms with E-state index < -0.39 is 15.8 Å². The molecule has 0 radical (unpaired) electrons. The van der Waals surface area contributed by atoms with Crippen LogP contribution in [-0.4, -0.2) is 81.0 Å². The van der Waals surface area contributed by atoms with Gasteiger partial charge in [-0.3, -0.25) is 14.6 Å². The van der Waals surface area contributed by atoms with Crippen molar-refractivity contribution in [2.75, 3.05) is 57.4 Å². The number of thiazole rings is 1. The number of piperidine rings is 1. The fraction of sp³-hybridized carbons (Fsp3) is 0.500. The molecule has 39 heavy (non-hydrogen) atoms. The first-order valence-electron chi connectivity index (χ1n) is 13.6. The van der Waals surface area contributed by atoms with Crippen LogP contribution in [0.2, 0.25) is 0 Å². The molecule has 0 saturated carbocycles. The van der Waals surface area contributed by atoms with E-state index in [9.17, 15) is 17.6 Å². The van der Waals surface area contributed by atoms with Crippen LogP contribution in [0.4, 0.5) is 9.52 Å². The van der Waals surface area contributed by atoms with Gasteiger partial charge in [-0.05, 0) is 61.6 Å². The first-order chi connectivity index (χ1) is 18.9. The Labute approximate surface area is 233 Å². The largest absolute Gasteiger partial charge is 0.379 e. The predicted molar refractivity (Wildman–Crippen MR) is 151 cm³/mol. The van der Waals surface area contributed by atoms with Crippen LogP contribution in [-0.2, 0) is 26.0 Å². The lowest BCUT2D eigenvalue weighted by Gasteiger charge is -2.33. The van der Waals surface area contributed by atoms with Gasteiger partial charge >= 0.3 is 0 Å². The summed E-state index contributed by atoms with van der Waals surface area (Å²) in [4.78, 5) is 23.1. The quantitative estimate of drug-likeness (QED) is 0.382. The molecule has 210 valence electrons. The van der Waals surface area contributed by atoms with E-state index in [-0.39, 0.29) is 29.8 Å². The number of aryl methyl sites for hydroxylation is 1. The number of amides is 1. The highest BCUT2D eigenvalue weighted by Gasteiger charge is 2.35. The lowest BCUT2D eigenvalue weighted by Crippen LogP contribution is -2.45. The molecule has 0 N–H and O–H groups in total. The SMILES string of the molecule is CCc1cccc2sc(N(CCCN3CCOCC3)C(=O)C3CCN(S(=O)(=O)c4ccc(F)cc4)CC3)nc12. The van der Waals surface area contributed by atoms with Gasteiger partial charge in [0, 0.05) is 45.2 Å². The number of benzene rings is 2. The number of hydrogen-bond acceptors (Lipinski definition) is 7. The number of morpholine rings is 1. The number of fused-ring (bicyclic) bond motifs is 1. The Morgan fingerprint density at radius 1 is 1.10 bits per heavy atom. The first-order valence-corrected chi connectivity index (χ1v) is 15.9. The van der Waals surface area contributed by atoms with Crippen LogP contribution in [0.1, 0.15) is 31.7 Å². The third kappa shape index (κ3) is 6.33. The normalized spacial score (nSPS) is 18.0. The summed E-state index contributed by atoms with van der Waals surface area (Å²) in [5, 5.41) is 0.708. The maximum atomic E-state index is 13.9. The Bertz CT molecular complexity index is 1380. The van der Waals surface area contributed by atoms with E-state index in [1.807, 2.05) is 17.0 Å². The van der Waals surface area contributed by atoms with Gasteiger partial charge in [0.25, 0.3) is 0 Å². The average molecular weight is 575 g/mol. The van der Waals surface area contributed by atoms with Gasteiger partial charge in [0.2, 0.25) is 15.9 Å². The van der Waals surface area contributed by atoms with Gasteiger partial charge < -0.3 is 4.74 Å². The topological polar surface area (TPSA) is 83.0 Å². The molecule has 0 spiro atoms. The number of para-hydroxylation sites is 1. The average Bonchev–Trinajstić information content (AvgIpc) is 3.40. The van der Waals surface area contributed by atoms with E-state index in [1.54, 1.807) is 0 Å². The number of ether oxygens (including phenoxy) is 1. The Balaban J connectivity index is 1.31. The second kappa shape index (κ2) is 12.4. The Morgan fingerprint density at radius 2 is 1.82 bits per heavy atom. The number of sulfonamides is 1. The van der Waals surface area contributed by atoms with Crippen molar-refractivity contribution in [3.05, 3.63) is 53.8 Å². The van der Waals surface area contributed by atoms with Crippen LogP contribution in [0.25, 0.3) is 10.2 Å². The molecule has 0 bridgehead atoms. The standard InChI is InChI=1S/C28H35FN4O4S2/c1-2-21-5-3-6-25-26(21)30-28(38-25)33(14-4-13-31-17-19-37-20-18-31)27(34)22-11-15-32(16-12-22)39(35,36)24-9-7-23(29)8-10-24/h3,5-10,22H,2,4,11-20H2,1H3. The maximum absolute atomic E-state index is 13.9. The minimum Gasteiger partial charge on any atom is -0.379 e. The second-order valence-corrected chi connectivity index (χ2v) is 13.0. The Kier molecular flexibility index (Phi) is 8.92. The van der Waals surface area contributed by atoms with Crippen LogP contribution in [0, 0.1) is 11.7 Å². The molecule has 8 nitrogen and oxygen atoms in total. The maximum Gasteiger partial charge on any atom is 0.243 e. The fourth-order valence-electron chi connectivity index (χ4n) is 5.29. The van der Waals surface area contributed by atoms with Gasteiger partial charge in [-0.25, -0.2) is 17.8 Å². The summed E-state index contributed by atoms with van der Waals surface area (Å²) in [6.07, 6.45) is 2.56. The highest BCUT2D eigenvalue weighted by Crippen LogP contribution is 2.33. The molecular formula is C28H35FN4O4S2. The number of carbonyl (C=O) groups is 1. The molecule has 1 aromatic heterocycles. The third-order valence-electron chi connectivity index (χ3n) is 7.58. The summed E-state index contributed by atoms with van der Waals surface area (Å²) < 4.78 is 47.4. The Morgan fingerprint density at radius 3 is 2.51 bits per heavy atom. The summed E-state index contributed by atoms with van der Waals surface area (Å²) in [6, 6.07) is 11.0. The second-order valence-electron chi connectivity index (χ2n) is 10.0. The van der Waals surface area contributed by atoms with E-state index in [4.69, 9.17) is 9.72 Å². The van der Waals surface area contributed by atoms with Crippen LogP contribution >= 0.6 is 11.3 Å². The van der Waals surface area contributed by atoms with Crippen LogP contribution in [0.3, 0.4) is 0 Å². The minimum absolute atomic E-state index is 0.00733. The van der Waals surface area contributed by atoms with Gasteiger partial charge in [0.05, 0.1) is 28.3 Å². The molecule has 2 saturated heterocycles. The molecule has 11 heteroatoms. The van der Waals surface area contributed by atoms with E-state index in [2.05, 4.69) is 17.9 Å². The van der Waals surface area contributed by atoms with Gasteiger partial charge in [0.1, 0.15) is 5.82 Å². The monoisotopic (exact) mass is 574 g/mol. The summed E-state index contributed by atoms with van der Waals surface area (Å²) in [5.41, 5.74) is 2.11. The zero-order valence-electron chi connectivity index (χ0n) is 22.2. The van der Waals surface area contributed by atoms with E-state index >= 15 is 0 Å². The molecule has 2 aliphatic heterocycles.